The minimum atomic E-state index is -0.0885. The molecule has 0 spiro atoms. The molecule has 4 nitrogen and oxygen atoms in total. The lowest BCUT2D eigenvalue weighted by molar-refractivity contribution is -0.116. The summed E-state index contributed by atoms with van der Waals surface area (Å²) in [6.07, 6.45) is 5.63. The first-order chi connectivity index (χ1) is 9.78. The third-order valence-corrected chi connectivity index (χ3v) is 3.15. The number of benzene rings is 1. The summed E-state index contributed by atoms with van der Waals surface area (Å²) in [6, 6.07) is 7.64. The molecule has 0 aliphatic carbocycles. The Labute approximate surface area is 119 Å². The van der Waals surface area contributed by atoms with Crippen molar-refractivity contribution in [3.8, 4) is 5.75 Å². The van der Waals surface area contributed by atoms with E-state index in [2.05, 4.69) is 5.32 Å². The summed E-state index contributed by atoms with van der Waals surface area (Å²) < 4.78 is 10.8. The Morgan fingerprint density at radius 1 is 1.45 bits per heavy atom. The molecule has 1 fully saturated rings. The zero-order valence-electron chi connectivity index (χ0n) is 11.8. The maximum absolute atomic E-state index is 11.7. The van der Waals surface area contributed by atoms with Crippen LogP contribution in [0.5, 0.6) is 5.75 Å². The van der Waals surface area contributed by atoms with Gasteiger partial charge in [0.2, 0.25) is 5.91 Å². The zero-order chi connectivity index (χ0) is 14.2. The molecule has 20 heavy (non-hydrogen) atoms. The molecule has 0 saturated carbocycles. The fourth-order valence-corrected chi connectivity index (χ4v) is 2.09. The molecule has 1 saturated heterocycles. The molecular formula is C16H21NO3. The van der Waals surface area contributed by atoms with E-state index in [1.165, 1.54) is 0 Å². The SMILES string of the molecule is CCOc1ccc(/C=C/C(=O)NC[C@@H]2CCCO2)cc1. The molecule has 1 aliphatic rings. The van der Waals surface area contributed by atoms with Crippen molar-refractivity contribution >= 4 is 12.0 Å². The second kappa shape index (κ2) is 7.70. The fraction of sp³-hybridized carbons (Fsp3) is 0.438. The molecule has 2 rings (SSSR count). The quantitative estimate of drug-likeness (QED) is 0.811. The van der Waals surface area contributed by atoms with Gasteiger partial charge in [0.1, 0.15) is 5.75 Å². The summed E-state index contributed by atoms with van der Waals surface area (Å²) in [7, 11) is 0. The topological polar surface area (TPSA) is 47.6 Å². The van der Waals surface area contributed by atoms with Gasteiger partial charge in [-0.2, -0.15) is 0 Å². The van der Waals surface area contributed by atoms with E-state index >= 15 is 0 Å². The number of amides is 1. The lowest BCUT2D eigenvalue weighted by Gasteiger charge is -2.08. The highest BCUT2D eigenvalue weighted by molar-refractivity contribution is 5.91. The van der Waals surface area contributed by atoms with E-state index in [4.69, 9.17) is 9.47 Å². The Morgan fingerprint density at radius 2 is 2.25 bits per heavy atom. The van der Waals surface area contributed by atoms with E-state index in [9.17, 15) is 4.79 Å². The number of hydrogen-bond acceptors (Lipinski definition) is 3. The average molecular weight is 275 g/mol. The number of hydrogen-bond donors (Lipinski definition) is 1. The molecule has 0 aromatic heterocycles. The smallest absolute Gasteiger partial charge is 0.244 e. The molecule has 0 bridgehead atoms. The molecule has 1 aliphatic heterocycles. The molecule has 4 heteroatoms. The van der Waals surface area contributed by atoms with Crippen molar-refractivity contribution in [1.82, 2.24) is 5.32 Å². The van der Waals surface area contributed by atoms with E-state index in [1.54, 1.807) is 12.2 Å². The maximum atomic E-state index is 11.7. The third-order valence-electron chi connectivity index (χ3n) is 3.15. The van der Waals surface area contributed by atoms with Gasteiger partial charge >= 0.3 is 0 Å². The standard InChI is InChI=1S/C16H21NO3/c1-2-19-14-8-5-13(6-9-14)7-10-16(18)17-12-15-4-3-11-20-15/h5-10,15H,2-4,11-12H2,1H3,(H,17,18)/b10-7+/t15-/m0/s1. The largest absolute Gasteiger partial charge is 0.494 e. The highest BCUT2D eigenvalue weighted by Crippen LogP contribution is 2.13. The molecule has 0 radical (unpaired) electrons. The normalized spacial score (nSPS) is 18.4. The van der Waals surface area contributed by atoms with Gasteiger partial charge in [0.15, 0.2) is 0 Å². The van der Waals surface area contributed by atoms with Gasteiger partial charge in [-0.15, -0.1) is 0 Å². The lowest BCUT2D eigenvalue weighted by Crippen LogP contribution is -2.30. The van der Waals surface area contributed by atoms with E-state index in [1.807, 2.05) is 31.2 Å². The predicted molar refractivity (Wildman–Crippen MR) is 78.6 cm³/mol. The number of carbonyl (C=O) groups is 1. The summed E-state index contributed by atoms with van der Waals surface area (Å²) in [6.45, 7) is 4.00. The van der Waals surface area contributed by atoms with Gasteiger partial charge < -0.3 is 14.8 Å². The van der Waals surface area contributed by atoms with Crippen LogP contribution in [0.3, 0.4) is 0 Å². The number of nitrogens with one attached hydrogen (secondary N) is 1. The fourth-order valence-electron chi connectivity index (χ4n) is 2.09. The second-order valence-corrected chi connectivity index (χ2v) is 4.72. The van der Waals surface area contributed by atoms with E-state index in [0.717, 1.165) is 30.8 Å². The van der Waals surface area contributed by atoms with Gasteiger partial charge in [0.05, 0.1) is 12.7 Å². The second-order valence-electron chi connectivity index (χ2n) is 4.72. The van der Waals surface area contributed by atoms with Crippen molar-refractivity contribution in [2.45, 2.75) is 25.9 Å². The molecule has 108 valence electrons. The van der Waals surface area contributed by atoms with Crippen LogP contribution in [-0.2, 0) is 9.53 Å². The Balaban J connectivity index is 1.77. The molecule has 1 atom stereocenters. The molecule has 1 aromatic carbocycles. The van der Waals surface area contributed by atoms with Crippen molar-refractivity contribution in [3.63, 3.8) is 0 Å². The van der Waals surface area contributed by atoms with Crippen molar-refractivity contribution in [1.29, 1.82) is 0 Å². The van der Waals surface area contributed by atoms with Crippen molar-refractivity contribution < 1.29 is 14.3 Å². The molecular weight excluding hydrogens is 254 g/mol. The van der Waals surface area contributed by atoms with Crippen LogP contribution in [0.4, 0.5) is 0 Å². The molecule has 0 unspecified atom stereocenters. The van der Waals surface area contributed by atoms with Gasteiger partial charge in [0.25, 0.3) is 0 Å². The number of carbonyl (C=O) groups excluding carboxylic acids is 1. The summed E-state index contributed by atoms with van der Waals surface area (Å²) in [4.78, 5) is 11.7. The highest BCUT2D eigenvalue weighted by atomic mass is 16.5. The Bertz CT molecular complexity index is 447. The van der Waals surface area contributed by atoms with E-state index in [0.29, 0.717) is 13.2 Å². The highest BCUT2D eigenvalue weighted by Gasteiger charge is 2.15. The summed E-state index contributed by atoms with van der Waals surface area (Å²) >= 11 is 0. The Kier molecular flexibility index (Phi) is 5.62. The predicted octanol–water partition coefficient (Wildman–Crippen LogP) is 2.39. The molecule has 1 heterocycles. The Morgan fingerprint density at radius 3 is 2.90 bits per heavy atom. The maximum Gasteiger partial charge on any atom is 0.244 e. The van der Waals surface area contributed by atoms with Crippen molar-refractivity contribution in [2.75, 3.05) is 19.8 Å². The van der Waals surface area contributed by atoms with Crippen LogP contribution in [-0.4, -0.2) is 31.8 Å². The lowest BCUT2D eigenvalue weighted by atomic mass is 10.2. The molecule has 1 aromatic rings. The zero-order valence-corrected chi connectivity index (χ0v) is 11.8. The summed E-state index contributed by atoms with van der Waals surface area (Å²) in [5.74, 6) is 0.752. The van der Waals surface area contributed by atoms with Gasteiger partial charge in [-0.1, -0.05) is 12.1 Å². The van der Waals surface area contributed by atoms with E-state index in [-0.39, 0.29) is 12.0 Å². The van der Waals surface area contributed by atoms with Crippen LogP contribution < -0.4 is 10.1 Å². The van der Waals surface area contributed by atoms with Gasteiger partial charge in [-0.05, 0) is 43.5 Å². The first-order valence-electron chi connectivity index (χ1n) is 7.08. The first kappa shape index (κ1) is 14.6. The number of ether oxygens (including phenoxy) is 2. The monoisotopic (exact) mass is 275 g/mol. The van der Waals surface area contributed by atoms with Crippen LogP contribution in [0, 0.1) is 0 Å². The molecule has 1 N–H and O–H groups in total. The van der Waals surface area contributed by atoms with Gasteiger partial charge in [-0.25, -0.2) is 0 Å². The van der Waals surface area contributed by atoms with Crippen LogP contribution in [0.25, 0.3) is 6.08 Å². The minimum absolute atomic E-state index is 0.0885. The van der Waals surface area contributed by atoms with Gasteiger partial charge in [-0.3, -0.25) is 4.79 Å². The van der Waals surface area contributed by atoms with Crippen LogP contribution in [0.2, 0.25) is 0 Å². The number of rotatable bonds is 6. The minimum Gasteiger partial charge on any atom is -0.494 e. The van der Waals surface area contributed by atoms with Gasteiger partial charge in [0, 0.05) is 19.2 Å². The Hall–Kier alpha value is -1.81. The van der Waals surface area contributed by atoms with Crippen LogP contribution in [0.15, 0.2) is 30.3 Å². The average Bonchev–Trinajstić information content (AvgIpc) is 2.98. The molecule has 1 amide bonds. The van der Waals surface area contributed by atoms with Crippen molar-refractivity contribution in [2.24, 2.45) is 0 Å². The van der Waals surface area contributed by atoms with Crippen LogP contribution in [0.1, 0.15) is 25.3 Å². The first-order valence-corrected chi connectivity index (χ1v) is 7.08. The summed E-state index contributed by atoms with van der Waals surface area (Å²) in [5, 5.41) is 2.85. The van der Waals surface area contributed by atoms with Crippen molar-refractivity contribution in [3.05, 3.63) is 35.9 Å². The summed E-state index contributed by atoms with van der Waals surface area (Å²) in [5.41, 5.74) is 0.973. The van der Waals surface area contributed by atoms with Crippen LogP contribution >= 0.6 is 0 Å². The third kappa shape index (κ3) is 4.70. The van der Waals surface area contributed by atoms with E-state index < -0.39 is 0 Å².